The molecule has 1 aromatic heterocycles. The second kappa shape index (κ2) is 5.64. The summed E-state index contributed by atoms with van der Waals surface area (Å²) in [5.41, 5.74) is 6.35. The molecule has 0 aromatic carbocycles. The molecule has 0 bridgehead atoms. The van der Waals surface area contributed by atoms with Crippen LogP contribution in [0.1, 0.15) is 34.1 Å². The maximum absolute atomic E-state index is 6.18. The van der Waals surface area contributed by atoms with Gasteiger partial charge in [-0.3, -0.25) is 4.98 Å². The van der Waals surface area contributed by atoms with Crippen LogP contribution in [0.5, 0.6) is 0 Å². The molecule has 1 aromatic rings. The van der Waals surface area contributed by atoms with Gasteiger partial charge in [0.15, 0.2) is 0 Å². The average molecular weight is 239 g/mol. The lowest BCUT2D eigenvalue weighted by molar-refractivity contribution is 0.350. The van der Waals surface area contributed by atoms with Crippen LogP contribution in [0, 0.1) is 5.41 Å². The van der Waals surface area contributed by atoms with Crippen molar-refractivity contribution >= 4 is 11.8 Å². The number of hydrogen-bond acceptors (Lipinski definition) is 4. The van der Waals surface area contributed by atoms with Gasteiger partial charge in [0.2, 0.25) is 0 Å². The Hall–Kier alpha value is -0.610. The fourth-order valence-corrected chi connectivity index (χ4v) is 2.82. The van der Waals surface area contributed by atoms with Crippen molar-refractivity contribution in [2.45, 2.75) is 50.4 Å². The monoisotopic (exact) mass is 239 g/mol. The quantitative estimate of drug-likeness (QED) is 0.821. The molecule has 1 rings (SSSR count). The van der Waals surface area contributed by atoms with E-state index in [9.17, 15) is 0 Å². The average Bonchev–Trinajstić information content (AvgIpc) is 2.25. The van der Waals surface area contributed by atoms with E-state index < -0.39 is 0 Å². The van der Waals surface area contributed by atoms with Crippen LogP contribution in [-0.2, 0) is 0 Å². The molecule has 0 aliphatic heterocycles. The molecule has 3 nitrogen and oxygen atoms in total. The maximum atomic E-state index is 6.18. The number of nitrogens with zero attached hydrogens (tertiary/aromatic N) is 2. The van der Waals surface area contributed by atoms with Crippen LogP contribution in [-0.4, -0.2) is 21.3 Å². The van der Waals surface area contributed by atoms with E-state index in [0.717, 1.165) is 11.4 Å². The Morgan fingerprint density at radius 3 is 2.50 bits per heavy atom. The summed E-state index contributed by atoms with van der Waals surface area (Å²) in [5, 5.41) is 1.31. The Balaban J connectivity index is 2.80. The maximum Gasteiger partial charge on any atom is 0.115 e. The van der Waals surface area contributed by atoms with Gasteiger partial charge in [-0.2, -0.15) is 0 Å². The minimum atomic E-state index is 0.164. The van der Waals surface area contributed by atoms with Gasteiger partial charge in [-0.05, 0) is 11.8 Å². The van der Waals surface area contributed by atoms with Gasteiger partial charge in [-0.15, -0.1) is 0 Å². The molecule has 0 aliphatic rings. The number of hydrogen-bond donors (Lipinski definition) is 1. The van der Waals surface area contributed by atoms with E-state index >= 15 is 0 Å². The second-order valence-electron chi connectivity index (χ2n) is 5.02. The van der Waals surface area contributed by atoms with E-state index in [1.165, 1.54) is 0 Å². The van der Waals surface area contributed by atoms with Crippen molar-refractivity contribution in [1.29, 1.82) is 0 Å². The molecule has 0 saturated heterocycles. The third kappa shape index (κ3) is 3.76. The van der Waals surface area contributed by atoms with Gasteiger partial charge in [0, 0.05) is 23.7 Å². The summed E-state index contributed by atoms with van der Waals surface area (Å²) < 4.78 is 0. The van der Waals surface area contributed by atoms with E-state index in [0.29, 0.717) is 5.25 Å². The minimum Gasteiger partial charge on any atom is -0.327 e. The standard InChI is InChI=1S/C12H21N3S/c1-5-9(13)11(12(2,3)4)16-10-8-14-6-7-15-10/h6-9,11H,5,13H2,1-4H3. The van der Waals surface area contributed by atoms with E-state index in [1.807, 2.05) is 0 Å². The Morgan fingerprint density at radius 1 is 1.38 bits per heavy atom. The van der Waals surface area contributed by atoms with Crippen molar-refractivity contribution < 1.29 is 0 Å². The van der Waals surface area contributed by atoms with Crippen LogP contribution < -0.4 is 5.73 Å². The first-order valence-corrected chi connectivity index (χ1v) is 6.51. The van der Waals surface area contributed by atoms with Crippen LogP contribution in [0.4, 0.5) is 0 Å². The normalized spacial score (nSPS) is 15.8. The van der Waals surface area contributed by atoms with Crippen molar-refractivity contribution in [3.63, 3.8) is 0 Å². The van der Waals surface area contributed by atoms with Crippen LogP contribution >= 0.6 is 11.8 Å². The summed E-state index contributed by atoms with van der Waals surface area (Å²) in [6, 6.07) is 0.187. The first kappa shape index (κ1) is 13.5. The lowest BCUT2D eigenvalue weighted by atomic mass is 9.87. The van der Waals surface area contributed by atoms with Crippen molar-refractivity contribution in [2.24, 2.45) is 11.1 Å². The lowest BCUT2D eigenvalue weighted by Gasteiger charge is -2.34. The molecule has 90 valence electrons. The third-order valence-electron chi connectivity index (χ3n) is 2.50. The highest BCUT2D eigenvalue weighted by atomic mass is 32.2. The molecule has 0 aliphatic carbocycles. The molecule has 0 amide bonds. The fourth-order valence-electron chi connectivity index (χ4n) is 1.60. The smallest absolute Gasteiger partial charge is 0.115 e. The summed E-state index contributed by atoms with van der Waals surface area (Å²) >= 11 is 1.73. The molecule has 16 heavy (non-hydrogen) atoms. The Kier molecular flexibility index (Phi) is 4.74. The predicted molar refractivity (Wildman–Crippen MR) is 69.4 cm³/mol. The number of aromatic nitrogens is 2. The van der Waals surface area contributed by atoms with Crippen molar-refractivity contribution in [1.82, 2.24) is 9.97 Å². The first-order valence-electron chi connectivity index (χ1n) is 5.63. The van der Waals surface area contributed by atoms with E-state index in [1.54, 1.807) is 30.4 Å². The molecule has 1 heterocycles. The summed E-state index contributed by atoms with van der Waals surface area (Å²) in [5.74, 6) is 0. The van der Waals surface area contributed by atoms with E-state index in [2.05, 4.69) is 37.7 Å². The van der Waals surface area contributed by atoms with Gasteiger partial charge < -0.3 is 5.73 Å². The van der Waals surface area contributed by atoms with Crippen LogP contribution in [0.2, 0.25) is 0 Å². The second-order valence-corrected chi connectivity index (χ2v) is 6.18. The van der Waals surface area contributed by atoms with Crippen molar-refractivity contribution in [2.75, 3.05) is 0 Å². The fraction of sp³-hybridized carbons (Fsp3) is 0.667. The van der Waals surface area contributed by atoms with Gasteiger partial charge in [0.1, 0.15) is 5.03 Å². The summed E-state index contributed by atoms with van der Waals surface area (Å²) in [6.45, 7) is 8.78. The zero-order chi connectivity index (χ0) is 12.2. The first-order chi connectivity index (χ1) is 7.45. The molecule has 0 saturated carbocycles. The van der Waals surface area contributed by atoms with Crippen molar-refractivity contribution in [3.8, 4) is 0 Å². The van der Waals surface area contributed by atoms with E-state index in [-0.39, 0.29) is 11.5 Å². The van der Waals surface area contributed by atoms with Crippen LogP contribution in [0.3, 0.4) is 0 Å². The predicted octanol–water partition coefficient (Wildman–Crippen LogP) is 2.72. The number of rotatable bonds is 4. The molecule has 2 atom stereocenters. The van der Waals surface area contributed by atoms with Gasteiger partial charge in [-0.1, -0.05) is 39.5 Å². The largest absolute Gasteiger partial charge is 0.327 e. The molecule has 2 unspecified atom stereocenters. The zero-order valence-corrected chi connectivity index (χ0v) is 11.3. The topological polar surface area (TPSA) is 51.8 Å². The molecule has 0 radical (unpaired) electrons. The van der Waals surface area contributed by atoms with E-state index in [4.69, 9.17) is 5.73 Å². The van der Waals surface area contributed by atoms with Gasteiger partial charge in [-0.25, -0.2) is 4.98 Å². The molecular weight excluding hydrogens is 218 g/mol. The molecule has 4 heteroatoms. The summed E-state index contributed by atoms with van der Waals surface area (Å²) in [4.78, 5) is 8.37. The van der Waals surface area contributed by atoms with Gasteiger partial charge in [0.25, 0.3) is 0 Å². The number of nitrogens with two attached hydrogens (primary N) is 1. The summed E-state index contributed by atoms with van der Waals surface area (Å²) in [7, 11) is 0. The highest BCUT2D eigenvalue weighted by Gasteiger charge is 2.30. The summed E-state index contributed by atoms with van der Waals surface area (Å²) in [6.07, 6.45) is 6.19. The van der Waals surface area contributed by atoms with Crippen LogP contribution in [0.25, 0.3) is 0 Å². The zero-order valence-electron chi connectivity index (χ0n) is 10.5. The molecule has 2 N–H and O–H groups in total. The third-order valence-corrected chi connectivity index (χ3v) is 4.26. The number of thioether (sulfide) groups is 1. The Morgan fingerprint density at radius 2 is 2.06 bits per heavy atom. The minimum absolute atomic E-state index is 0.164. The van der Waals surface area contributed by atoms with Crippen LogP contribution in [0.15, 0.2) is 23.6 Å². The van der Waals surface area contributed by atoms with Crippen molar-refractivity contribution in [3.05, 3.63) is 18.6 Å². The SMILES string of the molecule is CCC(N)C(Sc1cnccn1)C(C)(C)C. The molecule has 0 fully saturated rings. The van der Waals surface area contributed by atoms with Gasteiger partial charge in [0.05, 0.1) is 6.20 Å². The molecule has 0 spiro atoms. The van der Waals surface area contributed by atoms with Gasteiger partial charge >= 0.3 is 0 Å². The highest BCUT2D eigenvalue weighted by molar-refractivity contribution is 8.00. The lowest BCUT2D eigenvalue weighted by Crippen LogP contribution is -2.40. The molecular formula is C12H21N3S. The Bertz CT molecular complexity index is 308. The highest BCUT2D eigenvalue weighted by Crippen LogP contribution is 2.36. The Labute approximate surface area is 102 Å².